The summed E-state index contributed by atoms with van der Waals surface area (Å²) < 4.78 is 18.6. The van der Waals surface area contributed by atoms with Crippen LogP contribution in [0.4, 0.5) is 15.8 Å². The minimum absolute atomic E-state index is 0.0271. The zero-order chi connectivity index (χ0) is 20.1. The quantitative estimate of drug-likeness (QED) is 0.363. The van der Waals surface area contributed by atoms with Crippen molar-refractivity contribution in [2.75, 3.05) is 5.32 Å². The summed E-state index contributed by atoms with van der Waals surface area (Å²) in [6.07, 6.45) is 0. The molecule has 0 heterocycles. The molecule has 0 bridgehead atoms. The van der Waals surface area contributed by atoms with Gasteiger partial charge >= 0.3 is 0 Å². The van der Waals surface area contributed by atoms with Crippen molar-refractivity contribution in [3.8, 4) is 5.75 Å². The number of halogens is 3. The normalized spacial score (nSPS) is 10.5. The fourth-order valence-electron chi connectivity index (χ4n) is 2.49. The summed E-state index contributed by atoms with van der Waals surface area (Å²) >= 11 is 12.6. The molecule has 1 N–H and O–H groups in total. The monoisotopic (exact) mass is 420 g/mol. The molecule has 0 aliphatic rings. The standard InChI is InChI=1S/C20H15Cl2FN2O3/c21-18-9-14(11-24-16-5-7-17(8-6-16)25(26)27)10-19(22)20(18)28-12-13-1-3-15(23)4-2-13/h1-10,24H,11-12H2. The summed E-state index contributed by atoms with van der Waals surface area (Å²) in [4.78, 5) is 10.2. The van der Waals surface area contributed by atoms with Crippen molar-refractivity contribution in [3.63, 3.8) is 0 Å². The van der Waals surface area contributed by atoms with Crippen LogP contribution < -0.4 is 10.1 Å². The van der Waals surface area contributed by atoms with E-state index in [0.29, 0.717) is 22.3 Å². The van der Waals surface area contributed by atoms with Gasteiger partial charge in [-0.15, -0.1) is 0 Å². The van der Waals surface area contributed by atoms with Crippen molar-refractivity contribution in [1.29, 1.82) is 0 Å². The van der Waals surface area contributed by atoms with Gasteiger partial charge in [-0.2, -0.15) is 0 Å². The van der Waals surface area contributed by atoms with Crippen molar-refractivity contribution in [3.05, 3.63) is 97.8 Å². The lowest BCUT2D eigenvalue weighted by Crippen LogP contribution is -2.01. The van der Waals surface area contributed by atoms with Gasteiger partial charge < -0.3 is 10.1 Å². The third-order valence-electron chi connectivity index (χ3n) is 3.93. The fourth-order valence-corrected chi connectivity index (χ4v) is 3.13. The van der Waals surface area contributed by atoms with E-state index >= 15 is 0 Å². The van der Waals surface area contributed by atoms with Crippen molar-refractivity contribution in [2.24, 2.45) is 0 Å². The molecule has 0 saturated carbocycles. The van der Waals surface area contributed by atoms with Crippen LogP contribution in [0.15, 0.2) is 60.7 Å². The maximum Gasteiger partial charge on any atom is 0.269 e. The van der Waals surface area contributed by atoms with E-state index in [2.05, 4.69) is 5.32 Å². The number of hydrogen-bond acceptors (Lipinski definition) is 4. The van der Waals surface area contributed by atoms with E-state index in [0.717, 1.165) is 16.8 Å². The van der Waals surface area contributed by atoms with Gasteiger partial charge in [-0.3, -0.25) is 10.1 Å². The highest BCUT2D eigenvalue weighted by atomic mass is 35.5. The number of rotatable bonds is 7. The first-order valence-corrected chi connectivity index (χ1v) is 9.01. The third kappa shape index (κ3) is 5.12. The Morgan fingerprint density at radius 1 is 0.964 bits per heavy atom. The second kappa shape index (κ2) is 8.91. The average molecular weight is 421 g/mol. The average Bonchev–Trinajstić information content (AvgIpc) is 2.67. The number of benzene rings is 3. The van der Waals surface area contributed by atoms with Gasteiger partial charge in [0.05, 0.1) is 15.0 Å². The van der Waals surface area contributed by atoms with E-state index in [-0.39, 0.29) is 18.1 Å². The summed E-state index contributed by atoms with van der Waals surface area (Å²) in [6, 6.07) is 15.5. The Kier molecular flexibility index (Phi) is 6.34. The topological polar surface area (TPSA) is 64.4 Å². The molecular weight excluding hydrogens is 406 g/mol. The first-order valence-electron chi connectivity index (χ1n) is 8.26. The Morgan fingerprint density at radius 3 is 2.14 bits per heavy atom. The molecule has 0 unspecified atom stereocenters. The molecule has 5 nitrogen and oxygen atoms in total. The molecule has 0 aliphatic heterocycles. The van der Waals surface area contributed by atoms with E-state index in [4.69, 9.17) is 27.9 Å². The molecule has 0 fully saturated rings. The van der Waals surface area contributed by atoms with Crippen molar-refractivity contribution >= 4 is 34.6 Å². The van der Waals surface area contributed by atoms with E-state index in [1.807, 2.05) is 0 Å². The van der Waals surface area contributed by atoms with Gasteiger partial charge in [0.15, 0.2) is 5.75 Å². The highest BCUT2D eigenvalue weighted by Gasteiger charge is 2.11. The Hall–Kier alpha value is -2.83. The maximum absolute atomic E-state index is 13.0. The Labute approximate surface area is 170 Å². The first-order chi connectivity index (χ1) is 13.4. The van der Waals surface area contributed by atoms with Crippen LogP contribution in [0.1, 0.15) is 11.1 Å². The van der Waals surface area contributed by atoms with Crippen LogP contribution in [0.3, 0.4) is 0 Å². The lowest BCUT2D eigenvalue weighted by molar-refractivity contribution is -0.384. The molecule has 0 radical (unpaired) electrons. The maximum atomic E-state index is 13.0. The molecule has 0 atom stereocenters. The number of anilines is 1. The Morgan fingerprint density at radius 2 is 1.57 bits per heavy atom. The zero-order valence-corrected chi connectivity index (χ0v) is 16.0. The second-order valence-corrected chi connectivity index (χ2v) is 6.78. The third-order valence-corrected chi connectivity index (χ3v) is 4.49. The highest BCUT2D eigenvalue weighted by Crippen LogP contribution is 2.35. The summed E-state index contributed by atoms with van der Waals surface area (Å²) in [5.74, 6) is 0.0384. The summed E-state index contributed by atoms with van der Waals surface area (Å²) in [5, 5.41) is 14.5. The number of nitrogens with one attached hydrogen (secondary N) is 1. The van der Waals surface area contributed by atoms with Crippen LogP contribution in [0, 0.1) is 15.9 Å². The molecule has 3 aromatic carbocycles. The van der Waals surface area contributed by atoms with Crippen molar-refractivity contribution in [1.82, 2.24) is 0 Å². The van der Waals surface area contributed by atoms with Gasteiger partial charge in [-0.1, -0.05) is 35.3 Å². The SMILES string of the molecule is O=[N+]([O-])c1ccc(NCc2cc(Cl)c(OCc3ccc(F)cc3)c(Cl)c2)cc1. The number of nitro groups is 1. The predicted molar refractivity (Wildman–Crippen MR) is 108 cm³/mol. The molecule has 0 amide bonds. The minimum atomic E-state index is -0.450. The van der Waals surface area contributed by atoms with Crippen molar-refractivity contribution in [2.45, 2.75) is 13.2 Å². The lowest BCUT2D eigenvalue weighted by atomic mass is 10.2. The van der Waals surface area contributed by atoms with E-state index < -0.39 is 4.92 Å². The van der Waals surface area contributed by atoms with Gasteiger partial charge in [0.1, 0.15) is 12.4 Å². The Balaban J connectivity index is 1.64. The van der Waals surface area contributed by atoms with Crippen LogP contribution in [0.2, 0.25) is 10.0 Å². The van der Waals surface area contributed by atoms with Crippen LogP contribution in [-0.2, 0) is 13.2 Å². The molecule has 0 spiro atoms. The fraction of sp³-hybridized carbons (Fsp3) is 0.100. The second-order valence-electron chi connectivity index (χ2n) is 5.96. The molecule has 0 saturated heterocycles. The van der Waals surface area contributed by atoms with Crippen LogP contribution >= 0.6 is 23.2 Å². The number of ether oxygens (including phenoxy) is 1. The molecule has 8 heteroatoms. The van der Waals surface area contributed by atoms with Crippen LogP contribution in [0.25, 0.3) is 0 Å². The van der Waals surface area contributed by atoms with Crippen LogP contribution in [0.5, 0.6) is 5.75 Å². The minimum Gasteiger partial charge on any atom is -0.486 e. The lowest BCUT2D eigenvalue weighted by Gasteiger charge is -2.13. The summed E-state index contributed by atoms with van der Waals surface area (Å²) in [5.41, 5.74) is 2.37. The van der Waals surface area contributed by atoms with Gasteiger partial charge in [-0.25, -0.2) is 4.39 Å². The Bertz CT molecular complexity index is 957. The van der Waals surface area contributed by atoms with Gasteiger partial charge in [0.2, 0.25) is 0 Å². The first kappa shape index (κ1) is 19.9. The number of non-ortho nitro benzene ring substituents is 1. The molecule has 3 aromatic rings. The smallest absolute Gasteiger partial charge is 0.269 e. The largest absolute Gasteiger partial charge is 0.486 e. The number of hydrogen-bond donors (Lipinski definition) is 1. The van der Waals surface area contributed by atoms with E-state index in [9.17, 15) is 14.5 Å². The summed E-state index contributed by atoms with van der Waals surface area (Å²) in [6.45, 7) is 0.635. The van der Waals surface area contributed by atoms with Crippen molar-refractivity contribution < 1.29 is 14.1 Å². The molecular formula is C20H15Cl2FN2O3. The van der Waals surface area contributed by atoms with Gasteiger partial charge in [0.25, 0.3) is 5.69 Å². The number of nitrogens with zero attached hydrogens (tertiary/aromatic N) is 1. The number of nitro benzene ring substituents is 1. The molecule has 28 heavy (non-hydrogen) atoms. The van der Waals surface area contributed by atoms with E-state index in [1.165, 1.54) is 24.3 Å². The van der Waals surface area contributed by atoms with Gasteiger partial charge in [-0.05, 0) is 47.5 Å². The van der Waals surface area contributed by atoms with Crippen LogP contribution in [-0.4, -0.2) is 4.92 Å². The predicted octanol–water partition coefficient (Wildman–Crippen LogP) is 6.23. The molecule has 3 rings (SSSR count). The molecule has 144 valence electrons. The molecule has 0 aromatic heterocycles. The highest BCUT2D eigenvalue weighted by molar-refractivity contribution is 6.37. The van der Waals surface area contributed by atoms with E-state index in [1.54, 1.807) is 36.4 Å². The molecule has 0 aliphatic carbocycles. The van der Waals surface area contributed by atoms with Gasteiger partial charge in [0, 0.05) is 24.4 Å². The zero-order valence-electron chi connectivity index (χ0n) is 14.5. The summed E-state index contributed by atoms with van der Waals surface area (Å²) in [7, 11) is 0.